The van der Waals surface area contributed by atoms with E-state index in [1.54, 1.807) is 0 Å². The summed E-state index contributed by atoms with van der Waals surface area (Å²) in [6, 6.07) is 1.59. The molecule has 1 unspecified atom stereocenters. The second-order valence-corrected chi connectivity index (χ2v) is 5.16. The van der Waals surface area contributed by atoms with E-state index < -0.39 is 0 Å². The lowest BCUT2D eigenvalue weighted by Crippen LogP contribution is -2.70. The maximum atomic E-state index is 3.91. The number of nitrogens with one attached hydrogen (secondary N) is 2. The molecule has 1 aliphatic heterocycles. The molecule has 1 heterocycles. The second-order valence-electron chi connectivity index (χ2n) is 5.16. The first kappa shape index (κ1) is 11.4. The molecule has 0 amide bonds. The summed E-state index contributed by atoms with van der Waals surface area (Å²) in [7, 11) is 0. The van der Waals surface area contributed by atoms with Gasteiger partial charge in [0, 0.05) is 24.2 Å². The summed E-state index contributed by atoms with van der Waals surface area (Å²) in [4.78, 5) is 0. The summed E-state index contributed by atoms with van der Waals surface area (Å²) in [5.74, 6) is 0. The molecule has 0 aromatic rings. The zero-order valence-electron chi connectivity index (χ0n) is 10.3. The van der Waals surface area contributed by atoms with E-state index in [2.05, 4.69) is 10.6 Å². The smallest absolute Gasteiger partial charge is 0.0309 e. The van der Waals surface area contributed by atoms with Crippen LogP contribution in [0.2, 0.25) is 0 Å². The Bertz CT molecular complexity index is 199. The van der Waals surface area contributed by atoms with Gasteiger partial charge in [-0.1, -0.05) is 26.7 Å². The van der Waals surface area contributed by atoms with Crippen molar-refractivity contribution in [2.75, 3.05) is 6.54 Å². The van der Waals surface area contributed by atoms with Gasteiger partial charge in [0.05, 0.1) is 0 Å². The third kappa shape index (κ3) is 2.21. The lowest BCUT2D eigenvalue weighted by Gasteiger charge is -2.53. The molecule has 88 valence electrons. The van der Waals surface area contributed by atoms with Crippen LogP contribution in [-0.4, -0.2) is 24.2 Å². The van der Waals surface area contributed by atoms with Crippen molar-refractivity contribution >= 4 is 0 Å². The van der Waals surface area contributed by atoms with E-state index in [1.807, 2.05) is 13.8 Å². The van der Waals surface area contributed by atoms with E-state index >= 15 is 0 Å². The van der Waals surface area contributed by atoms with Crippen molar-refractivity contribution < 1.29 is 0 Å². The number of fused-ring (bicyclic) bond motifs is 1. The predicted molar refractivity (Wildman–Crippen MR) is 65.1 cm³/mol. The summed E-state index contributed by atoms with van der Waals surface area (Å²) in [6.07, 6.45) is 9.92. The van der Waals surface area contributed by atoms with Crippen LogP contribution >= 0.6 is 0 Å². The summed E-state index contributed by atoms with van der Waals surface area (Å²) in [5.41, 5.74) is 0.526. The lowest BCUT2D eigenvalue weighted by molar-refractivity contribution is 0.0839. The van der Waals surface area contributed by atoms with Gasteiger partial charge in [-0.2, -0.15) is 0 Å². The molecule has 2 heteroatoms. The molecule has 0 aromatic heterocycles. The molecule has 1 spiro atoms. The zero-order valence-corrected chi connectivity index (χ0v) is 10.3. The highest BCUT2D eigenvalue weighted by molar-refractivity contribution is 5.06. The minimum atomic E-state index is 0.526. The molecule has 2 N–H and O–H groups in total. The molecule has 3 rings (SSSR count). The monoisotopic (exact) mass is 210 g/mol. The van der Waals surface area contributed by atoms with Gasteiger partial charge in [0.2, 0.25) is 0 Å². The van der Waals surface area contributed by atoms with Crippen LogP contribution in [0.5, 0.6) is 0 Å². The van der Waals surface area contributed by atoms with E-state index in [1.165, 1.54) is 51.5 Å². The lowest BCUT2D eigenvalue weighted by atomic mass is 9.72. The van der Waals surface area contributed by atoms with Crippen molar-refractivity contribution in [1.82, 2.24) is 10.6 Å². The van der Waals surface area contributed by atoms with E-state index in [4.69, 9.17) is 0 Å². The van der Waals surface area contributed by atoms with E-state index in [9.17, 15) is 0 Å². The Morgan fingerprint density at radius 3 is 2.20 bits per heavy atom. The molecule has 2 nitrogen and oxygen atoms in total. The van der Waals surface area contributed by atoms with Crippen LogP contribution < -0.4 is 10.6 Å². The van der Waals surface area contributed by atoms with Gasteiger partial charge in [-0.25, -0.2) is 0 Å². The average Bonchev–Trinajstić information content (AvgIpc) is 2.29. The fraction of sp³-hybridized carbons (Fsp3) is 1.00. The highest BCUT2D eigenvalue weighted by Crippen LogP contribution is 2.36. The van der Waals surface area contributed by atoms with Crippen molar-refractivity contribution in [1.29, 1.82) is 0 Å². The Morgan fingerprint density at radius 1 is 0.933 bits per heavy atom. The van der Waals surface area contributed by atoms with Crippen LogP contribution in [0.3, 0.4) is 0 Å². The van der Waals surface area contributed by atoms with Crippen molar-refractivity contribution in [3.63, 3.8) is 0 Å². The first-order valence-corrected chi connectivity index (χ1v) is 6.89. The number of piperazine rings is 1. The van der Waals surface area contributed by atoms with Gasteiger partial charge in [0.1, 0.15) is 0 Å². The van der Waals surface area contributed by atoms with Crippen LogP contribution in [0.25, 0.3) is 0 Å². The molecule has 15 heavy (non-hydrogen) atoms. The molecule has 0 radical (unpaired) electrons. The van der Waals surface area contributed by atoms with Crippen LogP contribution in [0.1, 0.15) is 58.8 Å². The average molecular weight is 210 g/mol. The molecule has 3 aliphatic rings. The Labute approximate surface area is 94.2 Å². The van der Waals surface area contributed by atoms with E-state index in [-0.39, 0.29) is 0 Å². The third-order valence-corrected chi connectivity index (χ3v) is 4.27. The molecule has 0 aromatic carbocycles. The van der Waals surface area contributed by atoms with Crippen LogP contribution in [0.15, 0.2) is 0 Å². The van der Waals surface area contributed by atoms with E-state index in [0.29, 0.717) is 5.54 Å². The van der Waals surface area contributed by atoms with Crippen molar-refractivity contribution in [2.45, 2.75) is 76.4 Å². The normalized spacial score (nSPS) is 37.2. The van der Waals surface area contributed by atoms with Gasteiger partial charge in [-0.3, -0.25) is 0 Å². The molecule has 3 fully saturated rings. The van der Waals surface area contributed by atoms with Crippen molar-refractivity contribution in [3.8, 4) is 0 Å². The largest absolute Gasteiger partial charge is 0.311 e. The van der Waals surface area contributed by atoms with Crippen LogP contribution in [0.4, 0.5) is 0 Å². The van der Waals surface area contributed by atoms with E-state index in [0.717, 1.165) is 12.1 Å². The maximum Gasteiger partial charge on any atom is 0.0309 e. The van der Waals surface area contributed by atoms with Crippen molar-refractivity contribution in [3.05, 3.63) is 0 Å². The number of rotatable bonds is 0. The molecule has 2 aliphatic carbocycles. The maximum absolute atomic E-state index is 3.91. The van der Waals surface area contributed by atoms with Gasteiger partial charge in [-0.15, -0.1) is 0 Å². The zero-order chi connectivity index (χ0) is 10.7. The fourth-order valence-electron chi connectivity index (χ4n) is 3.24. The highest BCUT2D eigenvalue weighted by Gasteiger charge is 2.44. The predicted octanol–water partition coefficient (Wildman–Crippen LogP) is 2.44. The second kappa shape index (κ2) is 4.84. The topological polar surface area (TPSA) is 24.1 Å². The van der Waals surface area contributed by atoms with Crippen molar-refractivity contribution in [2.24, 2.45) is 0 Å². The number of hydrogen-bond donors (Lipinski definition) is 2. The molecule has 1 saturated heterocycles. The van der Waals surface area contributed by atoms with Gasteiger partial charge < -0.3 is 10.6 Å². The first-order valence-electron chi connectivity index (χ1n) is 6.89. The summed E-state index contributed by atoms with van der Waals surface area (Å²) in [6.45, 7) is 5.23. The quantitative estimate of drug-likeness (QED) is 0.642. The van der Waals surface area contributed by atoms with Crippen LogP contribution in [0, 0.1) is 0 Å². The SMILES string of the molecule is C1CC[C@@H]2NCC3(CCC3)NC2C1.CC. The Balaban J connectivity index is 0.000000404. The highest BCUT2D eigenvalue weighted by atomic mass is 15.2. The van der Waals surface area contributed by atoms with Gasteiger partial charge in [0.25, 0.3) is 0 Å². The number of hydrogen-bond acceptors (Lipinski definition) is 2. The molecular weight excluding hydrogens is 184 g/mol. The third-order valence-electron chi connectivity index (χ3n) is 4.27. The molecular formula is C13H26N2. The van der Waals surface area contributed by atoms with Gasteiger partial charge >= 0.3 is 0 Å². The Kier molecular flexibility index (Phi) is 3.68. The summed E-state index contributed by atoms with van der Waals surface area (Å²) in [5, 5.41) is 7.66. The Morgan fingerprint density at radius 2 is 1.60 bits per heavy atom. The molecule has 2 saturated carbocycles. The molecule has 0 bridgehead atoms. The summed E-state index contributed by atoms with van der Waals surface area (Å²) < 4.78 is 0. The fourth-order valence-corrected chi connectivity index (χ4v) is 3.24. The Hall–Kier alpha value is -0.0800. The minimum absolute atomic E-state index is 0.526. The first-order chi connectivity index (χ1) is 7.38. The van der Waals surface area contributed by atoms with Crippen LogP contribution in [-0.2, 0) is 0 Å². The van der Waals surface area contributed by atoms with Gasteiger partial charge in [0.15, 0.2) is 0 Å². The minimum Gasteiger partial charge on any atom is -0.311 e. The molecule has 2 atom stereocenters. The van der Waals surface area contributed by atoms with Gasteiger partial charge in [-0.05, 0) is 32.1 Å². The summed E-state index contributed by atoms with van der Waals surface area (Å²) >= 11 is 0. The standard InChI is InChI=1S/C11H20N2.C2H6/c1-2-5-10-9(4-1)12-8-11(13-10)6-3-7-11;1-2/h9-10,12-13H,1-8H2;1-2H3/t9-,10?;/m0./s1.